The average molecular weight is 320 g/mol. The molecule has 6 heteroatoms. The topological polar surface area (TPSA) is 68.3 Å². The van der Waals surface area contributed by atoms with Crippen molar-refractivity contribution in [3.05, 3.63) is 47.7 Å². The minimum Gasteiger partial charge on any atom is -0.492 e. The molecule has 2 aromatic rings. The molecule has 5 nitrogen and oxygen atoms in total. The summed E-state index contributed by atoms with van der Waals surface area (Å²) in [7, 11) is -3.75. The summed E-state index contributed by atoms with van der Waals surface area (Å²) in [5, 5.41) is 0. The van der Waals surface area contributed by atoms with Gasteiger partial charge in [-0.3, -0.25) is 4.72 Å². The SMILES string of the molecule is CCCOc1cc(C)ccc1S(=O)(=O)Nc1cc(C)ccn1. The molecule has 118 valence electrons. The molecule has 0 saturated heterocycles. The molecule has 0 aliphatic heterocycles. The zero-order chi connectivity index (χ0) is 16.2. The fourth-order valence-electron chi connectivity index (χ4n) is 1.95. The first kappa shape index (κ1) is 16.3. The lowest BCUT2D eigenvalue weighted by Crippen LogP contribution is -2.15. The number of pyridine rings is 1. The Morgan fingerprint density at radius 1 is 1.14 bits per heavy atom. The van der Waals surface area contributed by atoms with Crippen LogP contribution in [0.5, 0.6) is 5.75 Å². The normalized spacial score (nSPS) is 11.2. The van der Waals surface area contributed by atoms with Crippen molar-refractivity contribution in [2.24, 2.45) is 0 Å². The maximum atomic E-state index is 12.6. The third-order valence-corrected chi connectivity index (χ3v) is 4.40. The van der Waals surface area contributed by atoms with E-state index in [1.165, 1.54) is 0 Å². The Hall–Kier alpha value is -2.08. The summed E-state index contributed by atoms with van der Waals surface area (Å²) in [6, 6.07) is 8.52. The van der Waals surface area contributed by atoms with Crippen LogP contribution in [0.2, 0.25) is 0 Å². The first-order valence-corrected chi connectivity index (χ1v) is 8.59. The Labute approximate surface area is 131 Å². The number of hydrogen-bond acceptors (Lipinski definition) is 4. The number of aromatic nitrogens is 1. The van der Waals surface area contributed by atoms with Gasteiger partial charge < -0.3 is 4.74 Å². The minimum absolute atomic E-state index is 0.120. The number of benzene rings is 1. The van der Waals surface area contributed by atoms with E-state index in [-0.39, 0.29) is 4.90 Å². The second-order valence-corrected chi connectivity index (χ2v) is 6.77. The zero-order valence-corrected chi connectivity index (χ0v) is 13.8. The van der Waals surface area contributed by atoms with E-state index in [1.807, 2.05) is 20.8 Å². The second-order valence-electron chi connectivity index (χ2n) is 5.12. The third kappa shape index (κ3) is 3.98. The first-order valence-electron chi connectivity index (χ1n) is 7.11. The molecule has 22 heavy (non-hydrogen) atoms. The molecular formula is C16H20N2O3S. The molecule has 0 bridgehead atoms. The van der Waals surface area contributed by atoms with Crippen LogP contribution in [0.15, 0.2) is 41.4 Å². The van der Waals surface area contributed by atoms with Gasteiger partial charge in [-0.15, -0.1) is 0 Å². The highest BCUT2D eigenvalue weighted by Gasteiger charge is 2.20. The highest BCUT2D eigenvalue weighted by atomic mass is 32.2. The van der Waals surface area contributed by atoms with Crippen molar-refractivity contribution in [3.63, 3.8) is 0 Å². The summed E-state index contributed by atoms with van der Waals surface area (Å²) in [4.78, 5) is 4.15. The quantitative estimate of drug-likeness (QED) is 0.887. The molecule has 0 atom stereocenters. The van der Waals surface area contributed by atoms with Crippen molar-refractivity contribution in [1.29, 1.82) is 0 Å². The van der Waals surface area contributed by atoms with Gasteiger partial charge in [0, 0.05) is 6.20 Å². The highest BCUT2D eigenvalue weighted by Crippen LogP contribution is 2.27. The van der Waals surface area contributed by atoms with E-state index in [2.05, 4.69) is 9.71 Å². The Kier molecular flexibility index (Phi) is 5.03. The second kappa shape index (κ2) is 6.79. The first-order chi connectivity index (χ1) is 10.4. The number of ether oxygens (including phenoxy) is 1. The summed E-state index contributed by atoms with van der Waals surface area (Å²) in [6.07, 6.45) is 2.37. The predicted octanol–water partition coefficient (Wildman–Crippen LogP) is 3.29. The molecule has 0 saturated carbocycles. The highest BCUT2D eigenvalue weighted by molar-refractivity contribution is 7.92. The molecule has 0 radical (unpaired) electrons. The molecule has 0 spiro atoms. The minimum atomic E-state index is -3.75. The van der Waals surface area contributed by atoms with Gasteiger partial charge in [0.2, 0.25) is 0 Å². The van der Waals surface area contributed by atoms with Crippen molar-refractivity contribution < 1.29 is 13.2 Å². The number of aryl methyl sites for hydroxylation is 2. The number of anilines is 1. The van der Waals surface area contributed by atoms with Gasteiger partial charge in [-0.05, 0) is 55.7 Å². The number of nitrogens with zero attached hydrogens (tertiary/aromatic N) is 1. The van der Waals surface area contributed by atoms with Gasteiger partial charge in [-0.1, -0.05) is 13.0 Å². The molecule has 0 amide bonds. The summed E-state index contributed by atoms with van der Waals surface area (Å²) in [5.74, 6) is 0.656. The fraction of sp³-hybridized carbons (Fsp3) is 0.312. The lowest BCUT2D eigenvalue weighted by Gasteiger charge is -2.13. The molecule has 1 N–H and O–H groups in total. The van der Waals surface area contributed by atoms with Crippen LogP contribution in [0.25, 0.3) is 0 Å². The van der Waals surface area contributed by atoms with E-state index < -0.39 is 10.0 Å². The summed E-state index contributed by atoms with van der Waals surface area (Å²) >= 11 is 0. The smallest absolute Gasteiger partial charge is 0.266 e. The van der Waals surface area contributed by atoms with Crippen LogP contribution in [0.3, 0.4) is 0 Å². The van der Waals surface area contributed by atoms with E-state index >= 15 is 0 Å². The summed E-state index contributed by atoms with van der Waals surface area (Å²) in [5.41, 5.74) is 1.87. The van der Waals surface area contributed by atoms with Gasteiger partial charge in [-0.2, -0.15) is 0 Å². The third-order valence-electron chi connectivity index (χ3n) is 3.00. The maximum absolute atomic E-state index is 12.6. The van der Waals surface area contributed by atoms with E-state index in [9.17, 15) is 8.42 Å². The van der Waals surface area contributed by atoms with Gasteiger partial charge in [-0.25, -0.2) is 13.4 Å². The Balaban J connectivity index is 2.36. The lowest BCUT2D eigenvalue weighted by molar-refractivity contribution is 0.309. The van der Waals surface area contributed by atoms with Gasteiger partial charge in [0.15, 0.2) is 0 Å². The van der Waals surface area contributed by atoms with Crippen LogP contribution < -0.4 is 9.46 Å². The molecular weight excluding hydrogens is 300 g/mol. The standard InChI is InChI=1S/C16H20N2O3S/c1-4-9-21-14-10-12(2)5-6-15(14)22(19,20)18-16-11-13(3)7-8-17-16/h5-8,10-11H,4,9H2,1-3H3,(H,17,18). The summed E-state index contributed by atoms with van der Waals surface area (Å²) in [6.45, 7) is 6.21. The molecule has 1 aromatic carbocycles. The van der Waals surface area contributed by atoms with Crippen LogP contribution in [0.4, 0.5) is 5.82 Å². The summed E-state index contributed by atoms with van der Waals surface area (Å²) < 4.78 is 33.2. The number of rotatable bonds is 6. The van der Waals surface area contributed by atoms with Crippen LogP contribution >= 0.6 is 0 Å². The number of sulfonamides is 1. The van der Waals surface area contributed by atoms with Crippen LogP contribution in [0.1, 0.15) is 24.5 Å². The van der Waals surface area contributed by atoms with Crippen molar-refractivity contribution in [2.75, 3.05) is 11.3 Å². The number of hydrogen-bond donors (Lipinski definition) is 1. The number of nitrogens with one attached hydrogen (secondary N) is 1. The maximum Gasteiger partial charge on any atom is 0.266 e. The largest absolute Gasteiger partial charge is 0.492 e. The van der Waals surface area contributed by atoms with Crippen molar-refractivity contribution in [3.8, 4) is 5.75 Å². The molecule has 0 fully saturated rings. The zero-order valence-electron chi connectivity index (χ0n) is 13.0. The van der Waals surface area contributed by atoms with E-state index in [0.29, 0.717) is 18.2 Å². The van der Waals surface area contributed by atoms with E-state index in [0.717, 1.165) is 17.5 Å². The van der Waals surface area contributed by atoms with Crippen molar-refractivity contribution in [1.82, 2.24) is 4.98 Å². The Bertz CT molecular complexity index is 758. The van der Waals surface area contributed by atoms with Gasteiger partial charge in [0.1, 0.15) is 16.5 Å². The van der Waals surface area contributed by atoms with Crippen LogP contribution in [-0.2, 0) is 10.0 Å². The average Bonchev–Trinajstić information content (AvgIpc) is 2.44. The molecule has 1 aromatic heterocycles. The monoisotopic (exact) mass is 320 g/mol. The van der Waals surface area contributed by atoms with Gasteiger partial charge in [0.25, 0.3) is 10.0 Å². The Morgan fingerprint density at radius 2 is 1.86 bits per heavy atom. The molecule has 1 heterocycles. The fourth-order valence-corrected chi connectivity index (χ4v) is 3.07. The lowest BCUT2D eigenvalue weighted by atomic mass is 10.2. The van der Waals surface area contributed by atoms with Gasteiger partial charge in [0.05, 0.1) is 6.61 Å². The van der Waals surface area contributed by atoms with Crippen LogP contribution in [0, 0.1) is 13.8 Å². The van der Waals surface area contributed by atoms with E-state index in [4.69, 9.17) is 4.74 Å². The molecule has 0 unspecified atom stereocenters. The van der Waals surface area contributed by atoms with Gasteiger partial charge >= 0.3 is 0 Å². The molecule has 2 rings (SSSR count). The van der Waals surface area contributed by atoms with E-state index in [1.54, 1.807) is 36.5 Å². The predicted molar refractivity (Wildman–Crippen MR) is 86.7 cm³/mol. The molecule has 0 aliphatic rings. The van der Waals surface area contributed by atoms with Crippen molar-refractivity contribution >= 4 is 15.8 Å². The van der Waals surface area contributed by atoms with Crippen LogP contribution in [-0.4, -0.2) is 20.0 Å². The molecule has 0 aliphatic carbocycles. The Morgan fingerprint density at radius 3 is 2.55 bits per heavy atom. The van der Waals surface area contributed by atoms with Crippen molar-refractivity contribution in [2.45, 2.75) is 32.1 Å².